The molecule has 0 aliphatic carbocycles. The molecule has 30 heavy (non-hydrogen) atoms. The van der Waals surface area contributed by atoms with E-state index in [2.05, 4.69) is 25.6 Å². The second-order valence-electron chi connectivity index (χ2n) is 6.27. The molecule has 2 aromatic heterocycles. The molecule has 0 radical (unpaired) electrons. The lowest BCUT2D eigenvalue weighted by Crippen LogP contribution is -2.21. The minimum atomic E-state index is -0.909. The summed E-state index contributed by atoms with van der Waals surface area (Å²) in [5, 5.41) is 4.95. The van der Waals surface area contributed by atoms with E-state index in [4.69, 9.17) is 5.73 Å². The zero-order valence-electron chi connectivity index (χ0n) is 15.2. The van der Waals surface area contributed by atoms with E-state index in [0.717, 1.165) is 12.1 Å². The number of urea groups is 1. The summed E-state index contributed by atoms with van der Waals surface area (Å²) in [6, 6.07) is 8.43. The highest BCUT2D eigenvalue weighted by atomic mass is 19.1. The summed E-state index contributed by atoms with van der Waals surface area (Å²) in [5.74, 6) is -2.03. The number of carbonyl (C=O) groups is 2. The average molecular weight is 408 g/mol. The highest BCUT2D eigenvalue weighted by Gasteiger charge is 2.18. The van der Waals surface area contributed by atoms with Gasteiger partial charge in [0.2, 0.25) is 0 Å². The molecule has 2 heterocycles. The Morgan fingerprint density at radius 3 is 2.50 bits per heavy atom. The number of anilines is 3. The summed E-state index contributed by atoms with van der Waals surface area (Å²) in [4.78, 5) is 35.9. The molecule has 4 rings (SSSR count). The molecular weight excluding hydrogens is 394 g/mol. The van der Waals surface area contributed by atoms with Gasteiger partial charge >= 0.3 is 6.03 Å². The van der Waals surface area contributed by atoms with Crippen LogP contribution in [0, 0.1) is 11.6 Å². The number of hydrogen-bond acceptors (Lipinski definition) is 5. The number of nitrogens with one attached hydrogen (secondary N) is 3. The summed E-state index contributed by atoms with van der Waals surface area (Å²) < 4.78 is 27.4. The zero-order valence-corrected chi connectivity index (χ0v) is 15.2. The van der Waals surface area contributed by atoms with Crippen molar-refractivity contribution in [2.75, 3.05) is 16.4 Å². The maximum atomic E-state index is 13.7. The van der Waals surface area contributed by atoms with Gasteiger partial charge in [-0.1, -0.05) is 18.2 Å². The minimum absolute atomic E-state index is 0.158. The maximum Gasteiger partial charge on any atom is 0.323 e. The molecule has 0 fully saturated rings. The summed E-state index contributed by atoms with van der Waals surface area (Å²) in [5.41, 5.74) is 6.49. The van der Waals surface area contributed by atoms with Crippen molar-refractivity contribution in [3.63, 3.8) is 0 Å². The number of para-hydroxylation sites is 1. The lowest BCUT2D eigenvalue weighted by Gasteiger charge is -2.10. The smallest absolute Gasteiger partial charge is 0.323 e. The number of aromatic nitrogens is 3. The Hall–Kier alpha value is -4.34. The number of nitrogen functional groups attached to an aromatic ring is 1. The van der Waals surface area contributed by atoms with Crippen molar-refractivity contribution in [1.29, 1.82) is 0 Å². The summed E-state index contributed by atoms with van der Waals surface area (Å²) in [7, 11) is 0. The first-order valence-electron chi connectivity index (χ1n) is 8.68. The van der Waals surface area contributed by atoms with Gasteiger partial charge in [-0.15, -0.1) is 0 Å². The Morgan fingerprint density at radius 1 is 1.00 bits per heavy atom. The van der Waals surface area contributed by atoms with Gasteiger partial charge in [0.05, 0.1) is 10.9 Å². The number of fused-ring (bicyclic) bond motifs is 1. The lowest BCUT2D eigenvalue weighted by atomic mass is 10.0. The third-order valence-electron chi connectivity index (χ3n) is 4.33. The van der Waals surface area contributed by atoms with Crippen molar-refractivity contribution < 1.29 is 18.4 Å². The van der Waals surface area contributed by atoms with Gasteiger partial charge in [-0.3, -0.25) is 4.79 Å². The standard InChI is InChI=1S/C20H14F2N6O2/c21-13-5-2-6-14(22)16(13)28-20(30)27-11-4-1-3-10(7-11)17(29)12-8-24-19-15(12)18(23)25-9-26-19/h1-9H,(H2,27,28,30)(H3,23,24,25,26). The highest BCUT2D eigenvalue weighted by molar-refractivity contribution is 6.18. The number of hydrogen-bond donors (Lipinski definition) is 4. The van der Waals surface area contributed by atoms with Crippen LogP contribution in [0.25, 0.3) is 11.0 Å². The number of benzene rings is 2. The van der Waals surface area contributed by atoms with Crippen molar-refractivity contribution in [3.8, 4) is 0 Å². The summed E-state index contributed by atoms with van der Waals surface area (Å²) in [6.45, 7) is 0. The lowest BCUT2D eigenvalue weighted by molar-refractivity contribution is 0.104. The SMILES string of the molecule is Nc1ncnc2[nH]cc(C(=O)c3cccc(NC(=O)Nc4c(F)cccc4F)c3)c12. The molecule has 0 aliphatic heterocycles. The Bertz CT molecular complexity index is 1270. The number of amides is 2. The third-order valence-corrected chi connectivity index (χ3v) is 4.33. The van der Waals surface area contributed by atoms with Gasteiger partial charge < -0.3 is 21.4 Å². The van der Waals surface area contributed by atoms with Crippen LogP contribution in [-0.4, -0.2) is 26.8 Å². The van der Waals surface area contributed by atoms with Crippen LogP contribution in [0.15, 0.2) is 55.0 Å². The average Bonchev–Trinajstić information content (AvgIpc) is 3.16. The molecule has 0 bridgehead atoms. The fraction of sp³-hybridized carbons (Fsp3) is 0. The largest absolute Gasteiger partial charge is 0.383 e. The van der Waals surface area contributed by atoms with Crippen LogP contribution in [-0.2, 0) is 0 Å². The molecule has 0 saturated heterocycles. The van der Waals surface area contributed by atoms with Crippen LogP contribution in [0.3, 0.4) is 0 Å². The molecule has 0 unspecified atom stereocenters. The van der Waals surface area contributed by atoms with Crippen molar-refractivity contribution >= 4 is 40.0 Å². The first-order chi connectivity index (χ1) is 14.4. The Kier molecular flexibility index (Phi) is 4.80. The van der Waals surface area contributed by atoms with Gasteiger partial charge in [0.25, 0.3) is 0 Å². The van der Waals surface area contributed by atoms with E-state index < -0.39 is 23.4 Å². The van der Waals surface area contributed by atoms with E-state index >= 15 is 0 Å². The monoisotopic (exact) mass is 408 g/mol. The predicted molar refractivity (Wildman–Crippen MR) is 107 cm³/mol. The number of rotatable bonds is 4. The van der Waals surface area contributed by atoms with Crippen molar-refractivity contribution in [2.45, 2.75) is 0 Å². The van der Waals surface area contributed by atoms with E-state index in [1.165, 1.54) is 30.7 Å². The Morgan fingerprint density at radius 2 is 1.73 bits per heavy atom. The molecular formula is C20H14F2N6O2. The van der Waals surface area contributed by atoms with Crippen molar-refractivity contribution in [1.82, 2.24) is 15.0 Å². The normalized spacial score (nSPS) is 10.7. The third kappa shape index (κ3) is 3.53. The van der Waals surface area contributed by atoms with E-state index in [1.54, 1.807) is 12.1 Å². The van der Waals surface area contributed by atoms with Crippen molar-refractivity contribution in [2.24, 2.45) is 0 Å². The van der Waals surface area contributed by atoms with Gasteiger partial charge in [0.15, 0.2) is 5.78 Å². The van der Waals surface area contributed by atoms with E-state index in [0.29, 0.717) is 11.0 Å². The number of H-pyrrole nitrogens is 1. The number of aromatic amines is 1. The molecule has 150 valence electrons. The second kappa shape index (κ2) is 7.59. The maximum absolute atomic E-state index is 13.7. The molecule has 4 aromatic rings. The van der Waals surface area contributed by atoms with Crippen LogP contribution in [0.5, 0.6) is 0 Å². The van der Waals surface area contributed by atoms with Gasteiger partial charge in [0.1, 0.15) is 35.1 Å². The van der Waals surface area contributed by atoms with Gasteiger partial charge in [-0.2, -0.15) is 0 Å². The quantitative estimate of drug-likeness (QED) is 0.383. The molecule has 2 aromatic carbocycles. The topological polar surface area (TPSA) is 126 Å². The zero-order chi connectivity index (χ0) is 21.3. The fourth-order valence-electron chi connectivity index (χ4n) is 2.95. The number of carbonyl (C=O) groups excluding carboxylic acids is 2. The summed E-state index contributed by atoms with van der Waals surface area (Å²) in [6.07, 6.45) is 2.76. The fourth-order valence-corrected chi connectivity index (χ4v) is 2.95. The highest BCUT2D eigenvalue weighted by Crippen LogP contribution is 2.25. The van der Waals surface area contributed by atoms with Gasteiger partial charge in [-0.25, -0.2) is 23.5 Å². The van der Waals surface area contributed by atoms with Crippen LogP contribution in [0.1, 0.15) is 15.9 Å². The predicted octanol–water partition coefficient (Wildman–Crippen LogP) is 3.69. The van der Waals surface area contributed by atoms with Gasteiger partial charge in [0, 0.05) is 17.4 Å². The second-order valence-corrected chi connectivity index (χ2v) is 6.27. The van der Waals surface area contributed by atoms with E-state index in [9.17, 15) is 18.4 Å². The number of ketones is 1. The summed E-state index contributed by atoms with van der Waals surface area (Å²) >= 11 is 0. The molecule has 5 N–H and O–H groups in total. The van der Waals surface area contributed by atoms with Crippen LogP contribution in [0.2, 0.25) is 0 Å². The molecule has 0 atom stereocenters. The molecule has 0 spiro atoms. The van der Waals surface area contributed by atoms with Crippen LogP contribution in [0.4, 0.5) is 30.8 Å². The first-order valence-corrected chi connectivity index (χ1v) is 8.68. The van der Waals surface area contributed by atoms with Crippen LogP contribution < -0.4 is 16.4 Å². The van der Waals surface area contributed by atoms with Gasteiger partial charge in [-0.05, 0) is 24.3 Å². The number of nitrogens with two attached hydrogens (primary N) is 1. The number of nitrogens with zero attached hydrogens (tertiary/aromatic N) is 2. The molecule has 0 saturated carbocycles. The Labute approximate surface area is 168 Å². The molecule has 0 aliphatic rings. The molecule has 2 amide bonds. The van der Waals surface area contributed by atoms with E-state index in [1.807, 2.05) is 0 Å². The first kappa shape index (κ1) is 19.0. The van der Waals surface area contributed by atoms with Crippen molar-refractivity contribution in [3.05, 3.63) is 77.8 Å². The molecule has 8 nitrogen and oxygen atoms in total. The Balaban J connectivity index is 1.57. The van der Waals surface area contributed by atoms with E-state index in [-0.39, 0.29) is 28.4 Å². The number of halogens is 2. The molecule has 10 heteroatoms. The minimum Gasteiger partial charge on any atom is -0.383 e. The van der Waals surface area contributed by atoms with Crippen LogP contribution >= 0.6 is 0 Å².